The highest BCUT2D eigenvalue weighted by Gasteiger charge is 2.41. The largest absolute Gasteiger partial charge is 0.341 e. The molecule has 3 aromatic rings. The number of urea groups is 1. The molecule has 2 N–H and O–H groups in total. The highest BCUT2D eigenvalue weighted by molar-refractivity contribution is 14.1. The van der Waals surface area contributed by atoms with Crippen LogP contribution >= 0.6 is 22.6 Å². The lowest BCUT2D eigenvalue weighted by Gasteiger charge is -2.40. The number of carbonyl (C=O) groups is 3. The van der Waals surface area contributed by atoms with Crippen molar-refractivity contribution in [1.29, 1.82) is 0 Å². The third-order valence-corrected chi connectivity index (χ3v) is 8.06. The van der Waals surface area contributed by atoms with Crippen LogP contribution in [0, 0.1) is 10.5 Å². The number of aryl methyl sites for hydroxylation is 1. The Hall–Kier alpha value is -3.41. The Morgan fingerprint density at radius 2 is 1.76 bits per heavy atom. The summed E-state index contributed by atoms with van der Waals surface area (Å²) in [6.45, 7) is 5.20. The Morgan fingerprint density at radius 1 is 1.08 bits per heavy atom. The van der Waals surface area contributed by atoms with Gasteiger partial charge in [-0.15, -0.1) is 0 Å². The second-order valence-electron chi connectivity index (χ2n) is 10.1. The maximum atomic E-state index is 13.9. The van der Waals surface area contributed by atoms with E-state index in [0.29, 0.717) is 50.4 Å². The number of imidazole rings is 1. The summed E-state index contributed by atoms with van der Waals surface area (Å²) in [5.74, 6) is 0.572. The Balaban J connectivity index is 1.27. The third-order valence-electron chi connectivity index (χ3n) is 7.34. The van der Waals surface area contributed by atoms with Crippen LogP contribution in [0.25, 0.3) is 0 Å². The van der Waals surface area contributed by atoms with Gasteiger partial charge in [-0.3, -0.25) is 9.36 Å². The molecule has 2 aliphatic heterocycles. The number of carbonyl (C=O) groups excluding carboxylic acids is 3. The van der Waals surface area contributed by atoms with E-state index in [4.69, 9.17) is 0 Å². The van der Waals surface area contributed by atoms with Crippen molar-refractivity contribution in [2.75, 3.05) is 18.4 Å². The second kappa shape index (κ2) is 10.8. The molecule has 3 heterocycles. The zero-order valence-corrected chi connectivity index (χ0v) is 23.6. The number of aromatic nitrogens is 2. The van der Waals surface area contributed by atoms with Gasteiger partial charge in [0.25, 0.3) is 0 Å². The fourth-order valence-electron chi connectivity index (χ4n) is 5.37. The van der Waals surface area contributed by atoms with E-state index in [9.17, 15) is 14.4 Å². The molecule has 1 saturated heterocycles. The molecule has 0 spiro atoms. The van der Waals surface area contributed by atoms with Crippen molar-refractivity contribution in [1.82, 2.24) is 24.7 Å². The first-order valence-electron chi connectivity index (χ1n) is 12.8. The molecular formula is C28H31IN6O3. The number of fused-ring (bicyclic) bond motifs is 1. The second-order valence-corrected chi connectivity index (χ2v) is 11.4. The van der Waals surface area contributed by atoms with E-state index in [0.717, 1.165) is 14.8 Å². The molecule has 5 rings (SSSR count). The lowest BCUT2D eigenvalue weighted by Crippen LogP contribution is -2.61. The quantitative estimate of drug-likeness (QED) is 0.397. The van der Waals surface area contributed by atoms with Gasteiger partial charge in [0.15, 0.2) is 0 Å². The molecule has 1 aromatic heterocycles. The first kappa shape index (κ1) is 26.2. The minimum atomic E-state index is -1.15. The number of anilines is 1. The zero-order valence-electron chi connectivity index (χ0n) is 21.5. The fraction of sp³-hybridized carbons (Fsp3) is 0.357. The Kier molecular flexibility index (Phi) is 7.42. The van der Waals surface area contributed by atoms with Gasteiger partial charge in [-0.05, 0) is 79.1 Å². The van der Waals surface area contributed by atoms with Gasteiger partial charge in [-0.1, -0.05) is 30.3 Å². The summed E-state index contributed by atoms with van der Waals surface area (Å²) in [6.07, 6.45) is 3.49. The van der Waals surface area contributed by atoms with E-state index in [-0.39, 0.29) is 18.0 Å². The molecular weight excluding hydrogens is 595 g/mol. The molecule has 2 aromatic carbocycles. The van der Waals surface area contributed by atoms with Crippen LogP contribution in [0.3, 0.4) is 0 Å². The minimum Gasteiger partial charge on any atom is -0.341 e. The Morgan fingerprint density at radius 3 is 2.42 bits per heavy atom. The SMILES string of the molecule is Cc1ncc2n1C(=O)N(C1CCN(C(=O)C(C)(Cc3ccccc3)NC(=O)Nc3ccc(I)cc3)CC1)C2. The Labute approximate surface area is 235 Å². The molecule has 4 amide bonds. The monoisotopic (exact) mass is 626 g/mol. The average Bonchev–Trinajstić information content (AvgIpc) is 3.44. The van der Waals surface area contributed by atoms with Gasteiger partial charge < -0.3 is 20.4 Å². The van der Waals surface area contributed by atoms with E-state index in [1.807, 2.05) is 71.3 Å². The maximum Gasteiger partial charge on any atom is 0.330 e. The van der Waals surface area contributed by atoms with Crippen LogP contribution < -0.4 is 10.6 Å². The summed E-state index contributed by atoms with van der Waals surface area (Å²) in [5.41, 5.74) is 1.38. The molecule has 1 fully saturated rings. The van der Waals surface area contributed by atoms with Crippen LogP contribution in [0.2, 0.25) is 0 Å². The third kappa shape index (κ3) is 5.40. The van der Waals surface area contributed by atoms with Gasteiger partial charge in [-0.25, -0.2) is 14.6 Å². The van der Waals surface area contributed by atoms with Crippen molar-refractivity contribution >= 4 is 46.2 Å². The highest BCUT2D eigenvalue weighted by Crippen LogP contribution is 2.27. The molecule has 0 radical (unpaired) electrons. The van der Waals surface area contributed by atoms with Crippen LogP contribution in [-0.4, -0.2) is 62.0 Å². The van der Waals surface area contributed by atoms with Gasteiger partial charge in [0.2, 0.25) is 5.91 Å². The average molecular weight is 626 g/mol. The van der Waals surface area contributed by atoms with Crippen molar-refractivity contribution in [2.24, 2.45) is 0 Å². The number of hydrogen-bond donors (Lipinski definition) is 2. The normalized spacial score (nSPS) is 17.2. The number of halogens is 1. The first-order chi connectivity index (χ1) is 18.2. The molecule has 38 heavy (non-hydrogen) atoms. The van der Waals surface area contributed by atoms with Crippen LogP contribution in [0.1, 0.15) is 36.8 Å². The van der Waals surface area contributed by atoms with Gasteiger partial charge in [0, 0.05) is 34.8 Å². The van der Waals surface area contributed by atoms with E-state index in [1.165, 1.54) is 0 Å². The number of piperidine rings is 1. The van der Waals surface area contributed by atoms with Crippen molar-refractivity contribution in [3.63, 3.8) is 0 Å². The van der Waals surface area contributed by atoms with Crippen molar-refractivity contribution in [3.05, 3.63) is 81.4 Å². The molecule has 1 unspecified atom stereocenters. The maximum absolute atomic E-state index is 13.9. The van der Waals surface area contributed by atoms with E-state index in [1.54, 1.807) is 17.7 Å². The van der Waals surface area contributed by atoms with E-state index >= 15 is 0 Å². The van der Waals surface area contributed by atoms with E-state index < -0.39 is 11.6 Å². The molecule has 1 atom stereocenters. The van der Waals surface area contributed by atoms with Crippen LogP contribution in [0.15, 0.2) is 60.8 Å². The summed E-state index contributed by atoms with van der Waals surface area (Å²) in [7, 11) is 0. The van der Waals surface area contributed by atoms with Crippen LogP contribution in [0.4, 0.5) is 15.3 Å². The summed E-state index contributed by atoms with van der Waals surface area (Å²) in [5, 5.41) is 5.82. The standard InChI is InChI=1S/C28H31IN6O3/c1-19-30-17-24-18-34(27(38)35(19)24)23-12-14-33(15-13-23)25(36)28(2,16-20-6-4-3-5-7-20)32-26(37)31-22-10-8-21(29)9-11-22/h3-11,17,23H,12-16,18H2,1-2H3,(H2,31,32,37). The number of amides is 4. The number of nitrogens with one attached hydrogen (secondary N) is 2. The number of rotatable bonds is 6. The van der Waals surface area contributed by atoms with Gasteiger partial charge in [0.1, 0.15) is 11.4 Å². The lowest BCUT2D eigenvalue weighted by atomic mass is 9.90. The molecule has 9 nitrogen and oxygen atoms in total. The molecule has 0 bridgehead atoms. The van der Waals surface area contributed by atoms with E-state index in [2.05, 4.69) is 38.2 Å². The van der Waals surface area contributed by atoms with Gasteiger partial charge in [0.05, 0.1) is 18.4 Å². The summed E-state index contributed by atoms with van der Waals surface area (Å²) in [4.78, 5) is 47.8. The summed E-state index contributed by atoms with van der Waals surface area (Å²) >= 11 is 2.21. The van der Waals surface area contributed by atoms with Crippen molar-refractivity contribution in [3.8, 4) is 0 Å². The van der Waals surface area contributed by atoms with Crippen molar-refractivity contribution < 1.29 is 14.4 Å². The van der Waals surface area contributed by atoms with Crippen molar-refractivity contribution in [2.45, 2.75) is 51.2 Å². The molecule has 198 valence electrons. The number of nitrogens with zero attached hydrogens (tertiary/aromatic N) is 4. The van der Waals surface area contributed by atoms with Gasteiger partial charge in [-0.2, -0.15) is 0 Å². The lowest BCUT2D eigenvalue weighted by molar-refractivity contribution is -0.138. The summed E-state index contributed by atoms with van der Waals surface area (Å²) in [6, 6.07) is 16.8. The number of hydrogen-bond acceptors (Lipinski definition) is 4. The number of likely N-dealkylation sites (tertiary alicyclic amines) is 1. The molecule has 10 heteroatoms. The summed E-state index contributed by atoms with van der Waals surface area (Å²) < 4.78 is 2.74. The predicted octanol–water partition coefficient (Wildman–Crippen LogP) is 4.39. The molecule has 0 aliphatic carbocycles. The zero-order chi connectivity index (χ0) is 26.9. The smallest absolute Gasteiger partial charge is 0.330 e. The molecule has 2 aliphatic rings. The fourth-order valence-corrected chi connectivity index (χ4v) is 5.73. The van der Waals surface area contributed by atoms with Gasteiger partial charge >= 0.3 is 12.1 Å². The first-order valence-corrected chi connectivity index (χ1v) is 13.8. The molecule has 0 saturated carbocycles. The number of benzene rings is 2. The van der Waals surface area contributed by atoms with Crippen LogP contribution in [0.5, 0.6) is 0 Å². The predicted molar refractivity (Wildman–Crippen MR) is 153 cm³/mol. The van der Waals surface area contributed by atoms with Crippen LogP contribution in [-0.2, 0) is 17.8 Å². The Bertz CT molecular complexity index is 1330. The topological polar surface area (TPSA) is 99.6 Å². The minimum absolute atomic E-state index is 0.0392. The highest BCUT2D eigenvalue weighted by atomic mass is 127.